The summed E-state index contributed by atoms with van der Waals surface area (Å²) in [7, 11) is 0. The first-order valence-electron chi connectivity index (χ1n) is 6.24. The van der Waals surface area contributed by atoms with Crippen LogP contribution >= 0.6 is 0 Å². The minimum atomic E-state index is -2.43. The Morgan fingerprint density at radius 1 is 1.35 bits per heavy atom. The van der Waals surface area contributed by atoms with Crippen LogP contribution in [-0.2, 0) is 4.74 Å². The fraction of sp³-hybridized carbons (Fsp3) is 0.462. The number of amides is 2. The minimum Gasteiger partial charge on any atom is -0.374 e. The minimum absolute atomic E-state index is 0.0489. The highest BCUT2D eigenvalue weighted by Crippen LogP contribution is 2.15. The van der Waals surface area contributed by atoms with Gasteiger partial charge in [-0.15, -0.1) is 0 Å². The average Bonchev–Trinajstić information content (AvgIpc) is 2.38. The molecule has 0 radical (unpaired) electrons. The number of primary amides is 1. The highest BCUT2D eigenvalue weighted by molar-refractivity contribution is 5.87. The van der Waals surface area contributed by atoms with Crippen molar-refractivity contribution >= 4 is 11.7 Å². The molecule has 1 unspecified atom stereocenters. The van der Waals surface area contributed by atoms with Gasteiger partial charge < -0.3 is 21.1 Å². The van der Waals surface area contributed by atoms with Crippen LogP contribution in [0.5, 0.6) is 0 Å². The molecule has 0 fully saturated rings. The van der Waals surface area contributed by atoms with Gasteiger partial charge in [0, 0.05) is 18.3 Å². The lowest BCUT2D eigenvalue weighted by atomic mass is 10.1. The van der Waals surface area contributed by atoms with Crippen molar-refractivity contribution in [3.8, 4) is 0 Å². The molecular weight excluding hydrogens is 268 g/mol. The van der Waals surface area contributed by atoms with Crippen molar-refractivity contribution in [1.29, 1.82) is 0 Å². The van der Waals surface area contributed by atoms with E-state index in [1.54, 1.807) is 12.1 Å². The van der Waals surface area contributed by atoms with Crippen molar-refractivity contribution in [3.63, 3.8) is 0 Å². The van der Waals surface area contributed by atoms with Crippen molar-refractivity contribution in [2.45, 2.75) is 19.4 Å². The van der Waals surface area contributed by atoms with Gasteiger partial charge in [-0.25, -0.2) is 13.6 Å². The molecule has 0 saturated carbocycles. The monoisotopic (exact) mass is 287 g/mol. The van der Waals surface area contributed by atoms with Gasteiger partial charge in [-0.05, 0) is 24.6 Å². The first kappa shape index (κ1) is 16.3. The molecule has 0 aromatic heterocycles. The zero-order valence-corrected chi connectivity index (χ0v) is 11.2. The first-order valence-corrected chi connectivity index (χ1v) is 6.24. The normalized spacial score (nSPS) is 12.4. The standard InChI is InChI=1S/C13H19F2N3O2/c1-9(17-6-7-20-8-12(14)15)10-2-4-11(5-3-10)18-13(16)19/h2-5,9,12,17H,6-8H2,1H3,(H3,16,18,19). The number of nitrogens with two attached hydrogens (primary N) is 1. The Morgan fingerprint density at radius 3 is 2.55 bits per heavy atom. The number of alkyl halides is 2. The molecular formula is C13H19F2N3O2. The molecule has 0 aliphatic heterocycles. The fourth-order valence-corrected chi connectivity index (χ4v) is 1.64. The Morgan fingerprint density at radius 2 is 2.00 bits per heavy atom. The van der Waals surface area contributed by atoms with E-state index >= 15 is 0 Å². The Kier molecular flexibility index (Phi) is 6.89. The van der Waals surface area contributed by atoms with Gasteiger partial charge in [0.2, 0.25) is 0 Å². The molecule has 20 heavy (non-hydrogen) atoms. The maximum Gasteiger partial charge on any atom is 0.316 e. The third kappa shape index (κ3) is 6.44. The second-order valence-corrected chi connectivity index (χ2v) is 4.25. The van der Waals surface area contributed by atoms with Gasteiger partial charge in [-0.2, -0.15) is 0 Å². The molecule has 2 amide bonds. The molecule has 0 bridgehead atoms. The first-order chi connectivity index (χ1) is 9.49. The number of benzene rings is 1. The van der Waals surface area contributed by atoms with E-state index in [2.05, 4.69) is 10.6 Å². The highest BCUT2D eigenvalue weighted by atomic mass is 19.3. The van der Waals surface area contributed by atoms with Crippen LogP contribution in [0.1, 0.15) is 18.5 Å². The quantitative estimate of drug-likeness (QED) is 0.641. The molecule has 0 aliphatic rings. The van der Waals surface area contributed by atoms with E-state index in [1.165, 1.54) is 0 Å². The highest BCUT2D eigenvalue weighted by Gasteiger charge is 2.06. The maximum atomic E-state index is 11.8. The van der Waals surface area contributed by atoms with Gasteiger partial charge >= 0.3 is 6.03 Å². The predicted molar refractivity (Wildman–Crippen MR) is 72.9 cm³/mol. The Labute approximate surface area is 116 Å². The second-order valence-electron chi connectivity index (χ2n) is 4.25. The van der Waals surface area contributed by atoms with Crippen LogP contribution < -0.4 is 16.4 Å². The molecule has 0 aliphatic carbocycles. The molecule has 1 aromatic rings. The van der Waals surface area contributed by atoms with Crippen molar-refractivity contribution < 1.29 is 18.3 Å². The van der Waals surface area contributed by atoms with E-state index in [1.807, 2.05) is 19.1 Å². The predicted octanol–water partition coefficient (Wildman–Crippen LogP) is 2.11. The second kappa shape index (κ2) is 8.44. The van der Waals surface area contributed by atoms with Crippen molar-refractivity contribution in [2.24, 2.45) is 5.73 Å². The van der Waals surface area contributed by atoms with Crippen LogP contribution in [0, 0.1) is 0 Å². The lowest BCUT2D eigenvalue weighted by Crippen LogP contribution is -2.24. The van der Waals surface area contributed by atoms with Crippen molar-refractivity contribution in [1.82, 2.24) is 5.32 Å². The Bertz CT molecular complexity index is 413. The zero-order valence-electron chi connectivity index (χ0n) is 11.2. The molecule has 4 N–H and O–H groups in total. The Hall–Kier alpha value is -1.73. The van der Waals surface area contributed by atoms with Crippen molar-refractivity contribution in [2.75, 3.05) is 25.1 Å². The number of carbonyl (C=O) groups excluding carboxylic acids is 1. The van der Waals surface area contributed by atoms with Gasteiger partial charge in [0.1, 0.15) is 6.61 Å². The Balaban J connectivity index is 2.32. The number of rotatable bonds is 8. The molecule has 0 saturated heterocycles. The molecule has 1 aromatic carbocycles. The van der Waals surface area contributed by atoms with Crippen LogP contribution in [0.2, 0.25) is 0 Å². The number of hydrogen-bond acceptors (Lipinski definition) is 3. The van der Waals surface area contributed by atoms with Gasteiger partial charge in [-0.1, -0.05) is 12.1 Å². The van der Waals surface area contributed by atoms with Crippen LogP contribution in [0.25, 0.3) is 0 Å². The van der Waals surface area contributed by atoms with E-state index in [4.69, 9.17) is 10.5 Å². The third-order valence-corrected chi connectivity index (χ3v) is 2.62. The summed E-state index contributed by atoms with van der Waals surface area (Å²) in [6, 6.07) is 6.62. The molecule has 0 heterocycles. The lowest BCUT2D eigenvalue weighted by molar-refractivity contribution is 0.0183. The summed E-state index contributed by atoms with van der Waals surface area (Å²) in [5.41, 5.74) is 6.64. The lowest BCUT2D eigenvalue weighted by Gasteiger charge is -2.15. The van der Waals surface area contributed by atoms with Crippen LogP contribution in [0.3, 0.4) is 0 Å². The maximum absolute atomic E-state index is 11.8. The van der Waals surface area contributed by atoms with E-state index in [0.29, 0.717) is 12.2 Å². The van der Waals surface area contributed by atoms with Gasteiger partial charge in [0.15, 0.2) is 0 Å². The van der Waals surface area contributed by atoms with Crippen LogP contribution in [-0.4, -0.2) is 32.2 Å². The summed E-state index contributed by atoms with van der Waals surface area (Å²) in [6.07, 6.45) is -2.43. The molecule has 1 atom stereocenters. The zero-order chi connectivity index (χ0) is 15.0. The number of carbonyl (C=O) groups is 1. The molecule has 7 heteroatoms. The molecule has 112 valence electrons. The van der Waals surface area contributed by atoms with Gasteiger partial charge in [0.25, 0.3) is 6.43 Å². The number of hydrogen-bond donors (Lipinski definition) is 3. The summed E-state index contributed by atoms with van der Waals surface area (Å²) in [4.78, 5) is 10.7. The summed E-state index contributed by atoms with van der Waals surface area (Å²) in [6.45, 7) is 2.12. The number of halogens is 2. The van der Waals surface area contributed by atoms with E-state index in [-0.39, 0.29) is 12.6 Å². The molecule has 0 spiro atoms. The van der Waals surface area contributed by atoms with Gasteiger partial charge in [0.05, 0.1) is 6.61 Å². The topological polar surface area (TPSA) is 76.4 Å². The van der Waals surface area contributed by atoms with Gasteiger partial charge in [-0.3, -0.25) is 0 Å². The van der Waals surface area contributed by atoms with E-state index in [0.717, 1.165) is 5.56 Å². The number of ether oxygens (including phenoxy) is 1. The SMILES string of the molecule is CC(NCCOCC(F)F)c1ccc(NC(N)=O)cc1. The number of nitrogens with one attached hydrogen (secondary N) is 2. The summed E-state index contributed by atoms with van der Waals surface area (Å²) >= 11 is 0. The number of urea groups is 1. The third-order valence-electron chi connectivity index (χ3n) is 2.62. The molecule has 1 rings (SSSR count). The van der Waals surface area contributed by atoms with Crippen LogP contribution in [0.4, 0.5) is 19.3 Å². The summed E-state index contributed by atoms with van der Waals surface area (Å²) in [5, 5.41) is 5.62. The summed E-state index contributed by atoms with van der Waals surface area (Å²) in [5.74, 6) is 0. The number of anilines is 1. The van der Waals surface area contributed by atoms with Crippen LogP contribution in [0.15, 0.2) is 24.3 Å². The van der Waals surface area contributed by atoms with Crippen molar-refractivity contribution in [3.05, 3.63) is 29.8 Å². The average molecular weight is 287 g/mol. The largest absolute Gasteiger partial charge is 0.374 e. The fourth-order valence-electron chi connectivity index (χ4n) is 1.64. The van der Waals surface area contributed by atoms with E-state index < -0.39 is 19.1 Å². The van der Waals surface area contributed by atoms with E-state index in [9.17, 15) is 13.6 Å². The summed E-state index contributed by atoms with van der Waals surface area (Å²) < 4.78 is 28.4. The molecule has 5 nitrogen and oxygen atoms in total. The smallest absolute Gasteiger partial charge is 0.316 e.